The molecule has 0 atom stereocenters. The largest absolute Gasteiger partial charge is 0.292 e. The van der Waals surface area contributed by atoms with E-state index in [1.807, 2.05) is 19.9 Å². The number of H-pyrrole nitrogens is 1. The van der Waals surface area contributed by atoms with Crippen molar-refractivity contribution in [1.29, 1.82) is 5.26 Å². The molecule has 16 heavy (non-hydrogen) atoms. The topological polar surface area (TPSA) is 86.8 Å². The Bertz CT molecular complexity index is 643. The number of nitrogens with zero attached hydrogens (tertiary/aromatic N) is 4. The van der Waals surface area contributed by atoms with Crippen molar-refractivity contribution >= 4 is 5.78 Å². The van der Waals surface area contributed by atoms with Gasteiger partial charge in [0.25, 0.3) is 11.3 Å². The van der Waals surface area contributed by atoms with E-state index in [2.05, 4.69) is 15.1 Å². The molecule has 0 saturated carbocycles. The maximum Gasteiger partial charge on any atom is 0.292 e. The van der Waals surface area contributed by atoms with Crippen LogP contribution in [0.3, 0.4) is 0 Å². The minimum Gasteiger partial charge on any atom is -0.275 e. The third kappa shape index (κ3) is 1.37. The van der Waals surface area contributed by atoms with Gasteiger partial charge in [-0.05, 0) is 12.8 Å². The van der Waals surface area contributed by atoms with E-state index in [0.717, 1.165) is 0 Å². The van der Waals surface area contributed by atoms with Gasteiger partial charge in [0.15, 0.2) is 0 Å². The molecule has 0 bridgehead atoms. The smallest absolute Gasteiger partial charge is 0.275 e. The van der Waals surface area contributed by atoms with Crippen molar-refractivity contribution < 1.29 is 0 Å². The number of hydrogen-bond donors (Lipinski definition) is 1. The fraction of sp³-hybridized carbons (Fsp3) is 0.400. The van der Waals surface area contributed by atoms with E-state index in [1.54, 1.807) is 6.92 Å². The van der Waals surface area contributed by atoms with Crippen molar-refractivity contribution in [2.75, 3.05) is 0 Å². The molecule has 0 radical (unpaired) electrons. The number of nitrogens with one attached hydrogen (secondary N) is 1. The molecule has 2 aromatic heterocycles. The second-order valence-electron chi connectivity index (χ2n) is 3.89. The lowest BCUT2D eigenvalue weighted by atomic mass is 10.1. The summed E-state index contributed by atoms with van der Waals surface area (Å²) in [5, 5.41) is 11.7. The third-order valence-electron chi connectivity index (χ3n) is 2.29. The van der Waals surface area contributed by atoms with Gasteiger partial charge in [0.05, 0.1) is 5.69 Å². The Balaban J connectivity index is 2.93. The van der Waals surface area contributed by atoms with E-state index in [-0.39, 0.29) is 11.5 Å². The molecule has 0 aromatic carbocycles. The normalized spacial score (nSPS) is 10.9. The zero-order valence-electron chi connectivity index (χ0n) is 9.27. The van der Waals surface area contributed by atoms with Crippen molar-refractivity contribution in [3.8, 4) is 6.07 Å². The fourth-order valence-electron chi connectivity index (χ4n) is 1.56. The summed E-state index contributed by atoms with van der Waals surface area (Å²) in [7, 11) is 0. The molecule has 0 amide bonds. The van der Waals surface area contributed by atoms with Crippen LogP contribution in [0, 0.1) is 18.3 Å². The standard InChI is InChI=1S/C10H11N5O/c1-5(2)8-7(4-11)9(16)15-10(13-8)12-6(3)14-15/h5H,1-3H3,(H,12,13,14). The van der Waals surface area contributed by atoms with Crippen molar-refractivity contribution in [3.63, 3.8) is 0 Å². The van der Waals surface area contributed by atoms with E-state index >= 15 is 0 Å². The SMILES string of the molecule is Cc1nc2nc(C(C)C)c(C#N)c(=O)n2[nH]1. The van der Waals surface area contributed by atoms with Crippen LogP contribution in [0.15, 0.2) is 4.79 Å². The van der Waals surface area contributed by atoms with Gasteiger partial charge in [-0.2, -0.15) is 14.8 Å². The maximum absolute atomic E-state index is 11.9. The number of aromatic amines is 1. The minimum absolute atomic E-state index is 0.0179. The number of rotatable bonds is 1. The van der Waals surface area contributed by atoms with Crippen LogP contribution in [-0.4, -0.2) is 19.6 Å². The highest BCUT2D eigenvalue weighted by molar-refractivity contribution is 5.39. The number of fused-ring (bicyclic) bond motifs is 1. The molecule has 2 rings (SSSR count). The second kappa shape index (κ2) is 3.45. The first-order valence-electron chi connectivity index (χ1n) is 4.94. The predicted molar refractivity (Wildman–Crippen MR) is 57.1 cm³/mol. The van der Waals surface area contributed by atoms with Gasteiger partial charge in [-0.25, -0.2) is 4.98 Å². The van der Waals surface area contributed by atoms with Crippen LogP contribution in [0.5, 0.6) is 0 Å². The summed E-state index contributed by atoms with van der Waals surface area (Å²) in [6.45, 7) is 5.51. The molecule has 0 aliphatic heterocycles. The molecule has 1 N–H and O–H groups in total. The highest BCUT2D eigenvalue weighted by atomic mass is 16.1. The lowest BCUT2D eigenvalue weighted by molar-refractivity contribution is 0.786. The van der Waals surface area contributed by atoms with Crippen molar-refractivity contribution in [3.05, 3.63) is 27.4 Å². The molecule has 82 valence electrons. The summed E-state index contributed by atoms with van der Waals surface area (Å²) >= 11 is 0. The Morgan fingerprint density at radius 2 is 2.12 bits per heavy atom. The van der Waals surface area contributed by atoms with Gasteiger partial charge in [0.1, 0.15) is 17.5 Å². The molecular weight excluding hydrogens is 206 g/mol. The number of nitriles is 1. The summed E-state index contributed by atoms with van der Waals surface area (Å²) in [5.41, 5.74) is 0.187. The van der Waals surface area contributed by atoms with E-state index < -0.39 is 5.56 Å². The summed E-state index contributed by atoms with van der Waals surface area (Å²) in [5.74, 6) is 0.920. The lowest BCUT2D eigenvalue weighted by Gasteiger charge is -2.05. The van der Waals surface area contributed by atoms with E-state index in [1.165, 1.54) is 4.52 Å². The van der Waals surface area contributed by atoms with Crippen LogP contribution < -0.4 is 5.56 Å². The quantitative estimate of drug-likeness (QED) is 0.762. The van der Waals surface area contributed by atoms with Crippen molar-refractivity contribution in [2.24, 2.45) is 0 Å². The minimum atomic E-state index is -0.392. The van der Waals surface area contributed by atoms with Gasteiger partial charge >= 0.3 is 0 Å². The van der Waals surface area contributed by atoms with Gasteiger partial charge in [-0.3, -0.25) is 9.89 Å². The van der Waals surface area contributed by atoms with Gasteiger partial charge in [0.2, 0.25) is 0 Å². The Morgan fingerprint density at radius 3 is 2.69 bits per heavy atom. The summed E-state index contributed by atoms with van der Waals surface area (Å²) in [4.78, 5) is 20.2. The van der Waals surface area contributed by atoms with Gasteiger partial charge < -0.3 is 0 Å². The van der Waals surface area contributed by atoms with Crippen LogP contribution >= 0.6 is 0 Å². The average Bonchev–Trinajstić information content (AvgIpc) is 2.58. The molecule has 0 aliphatic carbocycles. The molecule has 2 heterocycles. The van der Waals surface area contributed by atoms with Crippen molar-refractivity contribution in [2.45, 2.75) is 26.7 Å². The third-order valence-corrected chi connectivity index (χ3v) is 2.29. The van der Waals surface area contributed by atoms with Gasteiger partial charge in [-0.15, -0.1) is 0 Å². The fourth-order valence-corrected chi connectivity index (χ4v) is 1.56. The van der Waals surface area contributed by atoms with Crippen molar-refractivity contribution in [1.82, 2.24) is 19.6 Å². The molecular formula is C10H11N5O. The zero-order chi connectivity index (χ0) is 11.9. The second-order valence-corrected chi connectivity index (χ2v) is 3.89. The van der Waals surface area contributed by atoms with Crippen LogP contribution in [-0.2, 0) is 0 Å². The molecule has 6 heteroatoms. The number of aryl methyl sites for hydroxylation is 1. The van der Waals surface area contributed by atoms with E-state index in [9.17, 15) is 4.79 Å². The van der Waals surface area contributed by atoms with Crippen LogP contribution in [0.2, 0.25) is 0 Å². The highest BCUT2D eigenvalue weighted by Gasteiger charge is 2.16. The molecule has 0 unspecified atom stereocenters. The molecule has 0 spiro atoms. The van der Waals surface area contributed by atoms with Crippen LogP contribution in [0.25, 0.3) is 5.78 Å². The monoisotopic (exact) mass is 217 g/mol. The maximum atomic E-state index is 11.9. The molecule has 0 fully saturated rings. The number of aromatic nitrogens is 4. The summed E-state index contributed by atoms with van der Waals surface area (Å²) < 4.78 is 1.19. The predicted octanol–water partition coefficient (Wildman–Crippen LogP) is 0.721. The Kier molecular flexibility index (Phi) is 2.23. The zero-order valence-corrected chi connectivity index (χ0v) is 9.27. The lowest BCUT2D eigenvalue weighted by Crippen LogP contribution is -2.21. The van der Waals surface area contributed by atoms with Gasteiger partial charge in [-0.1, -0.05) is 13.8 Å². The van der Waals surface area contributed by atoms with E-state index in [4.69, 9.17) is 5.26 Å². The van der Waals surface area contributed by atoms with Gasteiger partial charge in [0, 0.05) is 0 Å². The average molecular weight is 217 g/mol. The molecule has 0 aliphatic rings. The summed E-state index contributed by atoms with van der Waals surface area (Å²) in [6.07, 6.45) is 0. The summed E-state index contributed by atoms with van der Waals surface area (Å²) in [6, 6.07) is 1.90. The first-order valence-corrected chi connectivity index (χ1v) is 4.94. The highest BCUT2D eigenvalue weighted by Crippen LogP contribution is 2.13. The first kappa shape index (κ1) is 10.4. The molecule has 0 saturated heterocycles. The Morgan fingerprint density at radius 1 is 1.44 bits per heavy atom. The molecule has 2 aromatic rings. The van der Waals surface area contributed by atoms with Crippen LogP contribution in [0.4, 0.5) is 0 Å². The Hall–Kier alpha value is -2.16. The van der Waals surface area contributed by atoms with Crippen LogP contribution in [0.1, 0.15) is 36.8 Å². The molecule has 6 nitrogen and oxygen atoms in total. The number of hydrogen-bond acceptors (Lipinski definition) is 4. The van der Waals surface area contributed by atoms with E-state index in [0.29, 0.717) is 17.3 Å². The first-order chi connectivity index (χ1) is 7.54. The Labute approximate surface area is 91.6 Å².